The van der Waals surface area contributed by atoms with E-state index in [2.05, 4.69) is 33.3 Å². The zero-order valence-corrected chi connectivity index (χ0v) is 20.0. The van der Waals surface area contributed by atoms with Gasteiger partial charge < -0.3 is 14.5 Å². The molecule has 1 aliphatic heterocycles. The molecule has 35 heavy (non-hydrogen) atoms. The van der Waals surface area contributed by atoms with Crippen LogP contribution in [0.5, 0.6) is 5.75 Å². The number of piperazine rings is 1. The van der Waals surface area contributed by atoms with Crippen LogP contribution in [0.4, 0.5) is 5.82 Å². The van der Waals surface area contributed by atoms with Crippen LogP contribution in [0.3, 0.4) is 0 Å². The summed E-state index contributed by atoms with van der Waals surface area (Å²) in [5, 5.41) is 7.70. The van der Waals surface area contributed by atoms with Gasteiger partial charge in [-0.25, -0.2) is 9.97 Å². The van der Waals surface area contributed by atoms with Gasteiger partial charge in [-0.1, -0.05) is 18.2 Å². The van der Waals surface area contributed by atoms with E-state index < -0.39 is 0 Å². The summed E-state index contributed by atoms with van der Waals surface area (Å²) in [6.07, 6.45) is 5.22. The molecule has 0 saturated carbocycles. The molecule has 4 aromatic rings. The number of carbonyl (C=O) groups excluding carboxylic acids is 1. The number of aryl methyl sites for hydroxylation is 1. The summed E-state index contributed by atoms with van der Waals surface area (Å²) in [5.41, 5.74) is 8.10. The molecule has 1 saturated heterocycles. The molecule has 1 aromatic carbocycles. The summed E-state index contributed by atoms with van der Waals surface area (Å²) in [4.78, 5) is 25.5. The lowest BCUT2D eigenvalue weighted by Crippen LogP contribution is -2.48. The van der Waals surface area contributed by atoms with Gasteiger partial charge >= 0.3 is 0 Å². The van der Waals surface area contributed by atoms with Crippen molar-refractivity contribution < 1.29 is 9.53 Å². The third kappa shape index (κ3) is 3.79. The van der Waals surface area contributed by atoms with E-state index in [4.69, 9.17) is 14.7 Å². The first-order valence-electron chi connectivity index (χ1n) is 12.1. The van der Waals surface area contributed by atoms with Crippen molar-refractivity contribution in [2.24, 2.45) is 0 Å². The summed E-state index contributed by atoms with van der Waals surface area (Å²) in [7, 11) is 1.69. The van der Waals surface area contributed by atoms with E-state index in [9.17, 15) is 4.79 Å². The van der Waals surface area contributed by atoms with Crippen molar-refractivity contribution in [3.05, 3.63) is 53.7 Å². The molecular formula is C27H28N6O2. The smallest absolute Gasteiger partial charge is 0.219 e. The van der Waals surface area contributed by atoms with Gasteiger partial charge in [-0.15, -0.1) is 0 Å². The number of rotatable bonds is 4. The minimum atomic E-state index is 0.127. The SMILES string of the molecule is COc1cc2[nH]nc(-c3ccc(N4CCN(C(C)=O)CC4)nc3)c2nc1-c1cccc2c1CCC2. The molecule has 0 unspecified atom stereocenters. The van der Waals surface area contributed by atoms with Crippen LogP contribution in [0.1, 0.15) is 24.5 Å². The second kappa shape index (κ2) is 8.69. The summed E-state index contributed by atoms with van der Waals surface area (Å²) in [6.45, 7) is 4.63. The predicted octanol–water partition coefficient (Wildman–Crippen LogP) is 3.85. The summed E-state index contributed by atoms with van der Waals surface area (Å²) in [6, 6.07) is 12.5. The molecular weight excluding hydrogens is 440 g/mol. The van der Waals surface area contributed by atoms with Gasteiger partial charge in [0.1, 0.15) is 28.5 Å². The van der Waals surface area contributed by atoms with E-state index in [1.807, 2.05) is 29.3 Å². The third-order valence-corrected chi connectivity index (χ3v) is 7.19. The molecule has 3 aromatic heterocycles. The second-order valence-electron chi connectivity index (χ2n) is 9.20. The van der Waals surface area contributed by atoms with E-state index in [0.717, 1.165) is 84.1 Å². The Kier molecular flexibility index (Phi) is 5.36. The van der Waals surface area contributed by atoms with E-state index in [-0.39, 0.29) is 5.91 Å². The Morgan fingerprint density at radius 2 is 1.91 bits per heavy atom. The van der Waals surface area contributed by atoms with Crippen LogP contribution in [-0.2, 0) is 17.6 Å². The number of hydrogen-bond donors (Lipinski definition) is 1. The van der Waals surface area contributed by atoms with Crippen LogP contribution in [0.15, 0.2) is 42.6 Å². The number of amides is 1. The van der Waals surface area contributed by atoms with Gasteiger partial charge in [-0.3, -0.25) is 9.89 Å². The normalized spacial score (nSPS) is 15.5. The number of fused-ring (bicyclic) bond motifs is 2. The van der Waals surface area contributed by atoms with Crippen LogP contribution in [0.2, 0.25) is 0 Å². The Bertz CT molecular complexity index is 1400. The minimum Gasteiger partial charge on any atom is -0.494 e. The molecule has 2 aliphatic rings. The number of nitrogens with one attached hydrogen (secondary N) is 1. The van der Waals surface area contributed by atoms with Crippen molar-refractivity contribution in [3.63, 3.8) is 0 Å². The van der Waals surface area contributed by atoms with Crippen LogP contribution >= 0.6 is 0 Å². The number of hydrogen-bond acceptors (Lipinski definition) is 6. The summed E-state index contributed by atoms with van der Waals surface area (Å²) >= 11 is 0. The van der Waals surface area contributed by atoms with Gasteiger partial charge in [-0.05, 0) is 42.5 Å². The maximum Gasteiger partial charge on any atom is 0.219 e. The standard InChI is InChI=1S/C27H28N6O2/c1-17(34)32-11-13-33(14-12-32)24-10-9-19(16-28-24)25-27-22(30-31-25)15-23(35-2)26(29-27)21-8-4-6-18-5-3-7-20(18)21/h4,6,8-10,15-16H,3,5,7,11-14H2,1-2H3,(H,30,31). The van der Waals surface area contributed by atoms with Crippen molar-refractivity contribution in [1.82, 2.24) is 25.1 Å². The first-order chi connectivity index (χ1) is 17.1. The average Bonchev–Trinajstić information content (AvgIpc) is 3.55. The third-order valence-electron chi connectivity index (χ3n) is 7.19. The van der Waals surface area contributed by atoms with Crippen molar-refractivity contribution >= 4 is 22.8 Å². The van der Waals surface area contributed by atoms with Gasteiger partial charge in [0.2, 0.25) is 5.91 Å². The van der Waals surface area contributed by atoms with Crippen LogP contribution in [0.25, 0.3) is 33.5 Å². The van der Waals surface area contributed by atoms with Crippen LogP contribution in [0, 0.1) is 0 Å². The van der Waals surface area contributed by atoms with E-state index in [0.29, 0.717) is 0 Å². The topological polar surface area (TPSA) is 87.2 Å². The molecule has 1 aliphatic carbocycles. The molecule has 6 rings (SSSR count). The van der Waals surface area contributed by atoms with Gasteiger partial charge in [-0.2, -0.15) is 5.10 Å². The zero-order chi connectivity index (χ0) is 23.9. The number of anilines is 1. The first kappa shape index (κ1) is 21.6. The second-order valence-corrected chi connectivity index (χ2v) is 9.20. The van der Waals surface area contributed by atoms with Crippen molar-refractivity contribution in [2.45, 2.75) is 26.2 Å². The Balaban J connectivity index is 1.34. The van der Waals surface area contributed by atoms with Gasteiger partial charge in [0, 0.05) is 56.5 Å². The highest BCUT2D eigenvalue weighted by Gasteiger charge is 2.22. The van der Waals surface area contributed by atoms with Gasteiger partial charge in [0.05, 0.1) is 12.6 Å². The fraction of sp³-hybridized carbons (Fsp3) is 0.333. The average molecular weight is 469 g/mol. The van der Waals surface area contributed by atoms with Crippen LogP contribution < -0.4 is 9.64 Å². The van der Waals surface area contributed by atoms with Crippen molar-refractivity contribution in [3.8, 4) is 28.3 Å². The van der Waals surface area contributed by atoms with Gasteiger partial charge in [0.25, 0.3) is 0 Å². The van der Waals surface area contributed by atoms with Gasteiger partial charge in [0.15, 0.2) is 0 Å². The summed E-state index contributed by atoms with van der Waals surface area (Å²) in [5.74, 6) is 1.78. The van der Waals surface area contributed by atoms with Crippen LogP contribution in [-0.4, -0.2) is 64.3 Å². The molecule has 0 bridgehead atoms. The maximum atomic E-state index is 11.6. The number of aromatic nitrogens is 4. The van der Waals surface area contributed by atoms with E-state index in [1.54, 1.807) is 14.0 Å². The van der Waals surface area contributed by atoms with Crippen molar-refractivity contribution in [1.29, 1.82) is 0 Å². The molecule has 1 fully saturated rings. The Morgan fingerprint density at radius 1 is 1.06 bits per heavy atom. The number of carbonyl (C=O) groups is 1. The largest absolute Gasteiger partial charge is 0.494 e. The monoisotopic (exact) mass is 468 g/mol. The quantitative estimate of drug-likeness (QED) is 0.490. The summed E-state index contributed by atoms with van der Waals surface area (Å²) < 4.78 is 5.74. The number of pyridine rings is 2. The van der Waals surface area contributed by atoms with Crippen molar-refractivity contribution in [2.75, 3.05) is 38.2 Å². The Labute approximate surface area is 203 Å². The highest BCUT2D eigenvalue weighted by atomic mass is 16.5. The molecule has 4 heterocycles. The molecule has 178 valence electrons. The maximum absolute atomic E-state index is 11.6. The highest BCUT2D eigenvalue weighted by Crippen LogP contribution is 2.38. The van der Waals surface area contributed by atoms with E-state index in [1.165, 1.54) is 17.5 Å². The molecule has 8 heteroatoms. The fourth-order valence-electron chi connectivity index (χ4n) is 5.28. The Morgan fingerprint density at radius 3 is 2.66 bits per heavy atom. The molecule has 0 atom stereocenters. The molecule has 0 radical (unpaired) electrons. The molecule has 1 amide bonds. The number of H-pyrrole nitrogens is 1. The number of aromatic amines is 1. The number of benzene rings is 1. The fourth-order valence-corrected chi connectivity index (χ4v) is 5.28. The molecule has 8 nitrogen and oxygen atoms in total. The lowest BCUT2D eigenvalue weighted by Gasteiger charge is -2.34. The first-order valence-corrected chi connectivity index (χ1v) is 12.1. The zero-order valence-electron chi connectivity index (χ0n) is 20.0. The number of methoxy groups -OCH3 is 1. The minimum absolute atomic E-state index is 0.127. The molecule has 0 spiro atoms. The lowest BCUT2D eigenvalue weighted by molar-refractivity contribution is -0.129. The number of ether oxygens (including phenoxy) is 1. The highest BCUT2D eigenvalue weighted by molar-refractivity contribution is 5.93. The predicted molar refractivity (Wildman–Crippen MR) is 136 cm³/mol. The van der Waals surface area contributed by atoms with E-state index >= 15 is 0 Å². The number of nitrogens with zero attached hydrogens (tertiary/aromatic N) is 5. The molecule has 1 N–H and O–H groups in total. The lowest BCUT2D eigenvalue weighted by atomic mass is 9.99. The Hall–Kier alpha value is -3.94.